The first-order valence-electron chi connectivity index (χ1n) is 8.10. The van der Waals surface area contributed by atoms with E-state index in [1.807, 2.05) is 6.92 Å². The zero-order valence-electron chi connectivity index (χ0n) is 13.2. The highest BCUT2D eigenvalue weighted by Gasteiger charge is 2.30. The van der Waals surface area contributed by atoms with Crippen molar-refractivity contribution in [1.29, 1.82) is 0 Å². The third-order valence-electron chi connectivity index (χ3n) is 4.03. The van der Waals surface area contributed by atoms with Gasteiger partial charge in [0, 0.05) is 13.1 Å². The summed E-state index contributed by atoms with van der Waals surface area (Å²) in [4.78, 5) is 4.50. The van der Waals surface area contributed by atoms with Crippen LogP contribution in [0, 0.1) is 5.82 Å². The second kappa shape index (κ2) is 8.13. The Balaban J connectivity index is 1.81. The van der Waals surface area contributed by atoms with Crippen LogP contribution in [-0.4, -0.2) is 36.3 Å². The number of halogens is 1. The summed E-state index contributed by atoms with van der Waals surface area (Å²) in [6, 6.07) is 6.54. The van der Waals surface area contributed by atoms with Gasteiger partial charge in [-0.15, -0.1) is 0 Å². The van der Waals surface area contributed by atoms with Crippen LogP contribution in [0.25, 0.3) is 0 Å². The topological polar surface area (TPSA) is 56.7 Å². The lowest BCUT2D eigenvalue weighted by molar-refractivity contribution is 0.0574. The minimum atomic E-state index is -0.626. The molecule has 0 heterocycles. The Morgan fingerprint density at radius 2 is 1.91 bits per heavy atom. The molecule has 0 atom stereocenters. The zero-order valence-corrected chi connectivity index (χ0v) is 13.2. The van der Waals surface area contributed by atoms with Gasteiger partial charge < -0.3 is 15.7 Å². The number of nitrogens with zero attached hydrogens (tertiary/aromatic N) is 1. The summed E-state index contributed by atoms with van der Waals surface area (Å²) in [5.41, 5.74) is 0.457. The van der Waals surface area contributed by atoms with Crippen LogP contribution in [0.5, 0.6) is 0 Å². The molecule has 0 amide bonds. The molecule has 1 aromatic rings. The van der Waals surface area contributed by atoms with Gasteiger partial charge in [-0.1, -0.05) is 25.0 Å². The van der Waals surface area contributed by atoms with Gasteiger partial charge in [-0.05, 0) is 43.9 Å². The predicted octanol–water partition coefficient (Wildman–Crippen LogP) is 2.23. The smallest absolute Gasteiger partial charge is 0.191 e. The molecule has 5 heteroatoms. The molecular formula is C17H26FN3O. The van der Waals surface area contributed by atoms with E-state index in [4.69, 9.17) is 0 Å². The summed E-state index contributed by atoms with van der Waals surface area (Å²) < 4.78 is 12.9. The molecule has 0 radical (unpaired) electrons. The molecule has 0 saturated heterocycles. The third kappa shape index (κ3) is 5.30. The van der Waals surface area contributed by atoms with Crippen LogP contribution in [0.3, 0.4) is 0 Å². The molecule has 0 aliphatic heterocycles. The summed E-state index contributed by atoms with van der Waals surface area (Å²) in [6.07, 6.45) is 4.65. The number of rotatable bonds is 6. The Morgan fingerprint density at radius 3 is 2.55 bits per heavy atom. The van der Waals surface area contributed by atoms with Gasteiger partial charge in [-0.25, -0.2) is 4.39 Å². The van der Waals surface area contributed by atoms with Gasteiger partial charge in [0.25, 0.3) is 0 Å². The molecule has 1 aliphatic carbocycles. The Labute approximate surface area is 131 Å². The zero-order chi connectivity index (χ0) is 15.8. The van der Waals surface area contributed by atoms with E-state index in [9.17, 15) is 9.50 Å². The molecule has 1 saturated carbocycles. The van der Waals surface area contributed by atoms with Gasteiger partial charge in [-0.3, -0.25) is 4.99 Å². The van der Waals surface area contributed by atoms with Crippen LogP contribution < -0.4 is 10.6 Å². The molecule has 1 aromatic carbocycles. The van der Waals surface area contributed by atoms with E-state index < -0.39 is 5.60 Å². The van der Waals surface area contributed by atoms with Crippen molar-refractivity contribution < 1.29 is 9.50 Å². The number of hydrogen-bond donors (Lipinski definition) is 3. The van der Waals surface area contributed by atoms with Crippen molar-refractivity contribution >= 4 is 5.96 Å². The summed E-state index contributed by atoms with van der Waals surface area (Å²) in [6.45, 7) is 3.96. The van der Waals surface area contributed by atoms with Gasteiger partial charge in [0.05, 0.1) is 12.1 Å². The highest BCUT2D eigenvalue weighted by Crippen LogP contribution is 2.29. The lowest BCUT2D eigenvalue weighted by Gasteiger charge is -2.20. The average molecular weight is 307 g/mol. The lowest BCUT2D eigenvalue weighted by atomic mass is 10.0. The number of aliphatic hydroxyl groups is 1. The fraction of sp³-hybridized carbons (Fsp3) is 0.588. The quantitative estimate of drug-likeness (QED) is 0.558. The summed E-state index contributed by atoms with van der Waals surface area (Å²) >= 11 is 0. The van der Waals surface area contributed by atoms with E-state index >= 15 is 0 Å². The Morgan fingerprint density at radius 1 is 1.23 bits per heavy atom. The first-order chi connectivity index (χ1) is 10.6. The Kier molecular flexibility index (Phi) is 6.19. The van der Waals surface area contributed by atoms with Crippen LogP contribution in [-0.2, 0) is 6.42 Å². The van der Waals surface area contributed by atoms with E-state index in [1.165, 1.54) is 12.1 Å². The van der Waals surface area contributed by atoms with Crippen molar-refractivity contribution in [2.45, 2.75) is 44.6 Å². The van der Waals surface area contributed by atoms with Crippen molar-refractivity contribution in [3.05, 3.63) is 35.6 Å². The molecule has 122 valence electrons. The van der Waals surface area contributed by atoms with E-state index in [0.717, 1.165) is 56.7 Å². The fourth-order valence-corrected chi connectivity index (χ4v) is 2.74. The Bertz CT molecular complexity index is 481. The molecule has 1 fully saturated rings. The number of nitrogens with one attached hydrogen (secondary N) is 2. The van der Waals surface area contributed by atoms with Gasteiger partial charge in [0.2, 0.25) is 0 Å². The average Bonchev–Trinajstić information content (AvgIpc) is 2.94. The van der Waals surface area contributed by atoms with Crippen molar-refractivity contribution in [3.63, 3.8) is 0 Å². The molecule has 3 N–H and O–H groups in total. The van der Waals surface area contributed by atoms with Crippen LogP contribution in [0.1, 0.15) is 38.2 Å². The second-order valence-corrected chi connectivity index (χ2v) is 5.93. The summed E-state index contributed by atoms with van der Waals surface area (Å²) in [7, 11) is 0. The monoisotopic (exact) mass is 307 g/mol. The molecule has 22 heavy (non-hydrogen) atoms. The number of hydrogen-bond acceptors (Lipinski definition) is 2. The van der Waals surface area contributed by atoms with Gasteiger partial charge in [0.1, 0.15) is 5.82 Å². The largest absolute Gasteiger partial charge is 0.388 e. The highest BCUT2D eigenvalue weighted by molar-refractivity contribution is 5.79. The fourth-order valence-electron chi connectivity index (χ4n) is 2.74. The number of guanidine groups is 1. The first kappa shape index (κ1) is 16.7. The lowest BCUT2D eigenvalue weighted by Crippen LogP contribution is -2.40. The van der Waals surface area contributed by atoms with E-state index in [1.54, 1.807) is 12.1 Å². The minimum absolute atomic E-state index is 0.212. The SMILES string of the molecule is CCNC(=NCC1(O)CCCC1)NCCc1ccc(F)cc1. The van der Waals surface area contributed by atoms with Crippen molar-refractivity contribution in [1.82, 2.24) is 10.6 Å². The van der Waals surface area contributed by atoms with Crippen molar-refractivity contribution in [2.24, 2.45) is 4.99 Å². The maximum atomic E-state index is 12.9. The molecule has 0 bridgehead atoms. The number of benzene rings is 1. The third-order valence-corrected chi connectivity index (χ3v) is 4.03. The minimum Gasteiger partial charge on any atom is -0.388 e. The molecule has 4 nitrogen and oxygen atoms in total. The van der Waals surface area contributed by atoms with Crippen LogP contribution in [0.15, 0.2) is 29.3 Å². The highest BCUT2D eigenvalue weighted by atomic mass is 19.1. The van der Waals surface area contributed by atoms with Crippen LogP contribution in [0.2, 0.25) is 0 Å². The van der Waals surface area contributed by atoms with Gasteiger partial charge in [0.15, 0.2) is 5.96 Å². The van der Waals surface area contributed by atoms with Crippen molar-refractivity contribution in [3.8, 4) is 0 Å². The molecule has 2 rings (SSSR count). The maximum Gasteiger partial charge on any atom is 0.191 e. The summed E-state index contributed by atoms with van der Waals surface area (Å²) in [5, 5.41) is 16.8. The van der Waals surface area contributed by atoms with Crippen molar-refractivity contribution in [2.75, 3.05) is 19.6 Å². The number of aliphatic imine (C=N–C) groups is 1. The molecular weight excluding hydrogens is 281 g/mol. The van der Waals surface area contributed by atoms with Crippen LogP contribution in [0.4, 0.5) is 4.39 Å². The normalized spacial score (nSPS) is 17.5. The molecule has 1 aliphatic rings. The summed E-state index contributed by atoms with van der Waals surface area (Å²) in [5.74, 6) is 0.515. The van der Waals surface area contributed by atoms with E-state index in [-0.39, 0.29) is 5.82 Å². The predicted molar refractivity (Wildman–Crippen MR) is 87.5 cm³/mol. The molecule has 0 unspecified atom stereocenters. The van der Waals surface area contributed by atoms with E-state index in [0.29, 0.717) is 6.54 Å². The van der Waals surface area contributed by atoms with E-state index in [2.05, 4.69) is 15.6 Å². The Hall–Kier alpha value is -1.62. The standard InChI is InChI=1S/C17H26FN3O/c1-2-19-16(21-13-17(22)10-3-4-11-17)20-12-9-14-5-7-15(18)8-6-14/h5-8,22H,2-4,9-13H2,1H3,(H2,19,20,21). The molecule has 0 aromatic heterocycles. The second-order valence-electron chi connectivity index (χ2n) is 5.93. The van der Waals surface area contributed by atoms with Gasteiger partial charge in [-0.2, -0.15) is 0 Å². The molecule has 0 spiro atoms. The first-order valence-corrected chi connectivity index (χ1v) is 8.10. The van der Waals surface area contributed by atoms with Crippen LogP contribution >= 0.6 is 0 Å². The maximum absolute atomic E-state index is 12.9. The van der Waals surface area contributed by atoms with Gasteiger partial charge >= 0.3 is 0 Å².